The van der Waals surface area contributed by atoms with Crippen molar-refractivity contribution in [3.05, 3.63) is 34.6 Å². The smallest absolute Gasteiger partial charge is 0.407 e. The van der Waals surface area contributed by atoms with Crippen molar-refractivity contribution in [1.82, 2.24) is 10.2 Å². The summed E-state index contributed by atoms with van der Waals surface area (Å²) < 4.78 is 24.7. The van der Waals surface area contributed by atoms with E-state index < -0.39 is 24.1 Å². The molecule has 2 atom stereocenters. The molecule has 9 heteroatoms. The summed E-state index contributed by atoms with van der Waals surface area (Å²) in [5.41, 5.74) is 0.285. The van der Waals surface area contributed by atoms with E-state index in [-0.39, 0.29) is 31.2 Å². The molecule has 144 valence electrons. The molecule has 1 heterocycles. The lowest BCUT2D eigenvalue weighted by molar-refractivity contribution is -0.0135. The predicted molar refractivity (Wildman–Crippen MR) is 92.8 cm³/mol. The standard InChI is InChI=1S/C17H22ClFN2O5/c1-25-16(22)20-6-8-26-15(13-9-12(18)4-5-14(13)19)11-3-2-7-21(10-11)17(23)24/h4-5,9,11,15H,2-3,6-8,10H2,1H3,(H,20,22)(H,23,24). The number of piperidine rings is 1. The lowest BCUT2D eigenvalue weighted by atomic mass is 9.88. The molecule has 2 N–H and O–H groups in total. The number of nitrogens with one attached hydrogen (secondary N) is 1. The Morgan fingerprint density at radius 1 is 1.50 bits per heavy atom. The fourth-order valence-corrected chi connectivity index (χ4v) is 3.23. The number of methoxy groups -OCH3 is 1. The molecule has 7 nitrogen and oxygen atoms in total. The summed E-state index contributed by atoms with van der Waals surface area (Å²) in [5, 5.41) is 12.1. The summed E-state index contributed by atoms with van der Waals surface area (Å²) >= 11 is 6.00. The summed E-state index contributed by atoms with van der Waals surface area (Å²) in [5.74, 6) is -0.682. The number of hydrogen-bond donors (Lipinski definition) is 2. The molecule has 0 aromatic heterocycles. The van der Waals surface area contributed by atoms with Crippen LogP contribution in [0, 0.1) is 11.7 Å². The van der Waals surface area contributed by atoms with E-state index in [1.807, 2.05) is 0 Å². The second kappa shape index (κ2) is 9.59. The van der Waals surface area contributed by atoms with Crippen LogP contribution >= 0.6 is 11.6 Å². The van der Waals surface area contributed by atoms with Crippen LogP contribution in [0.4, 0.5) is 14.0 Å². The Kier molecular flexibility index (Phi) is 7.47. The van der Waals surface area contributed by atoms with Gasteiger partial charge in [-0.2, -0.15) is 0 Å². The molecule has 1 aliphatic rings. The molecular weight excluding hydrogens is 367 g/mol. The largest absolute Gasteiger partial charge is 0.465 e. The minimum Gasteiger partial charge on any atom is -0.465 e. The van der Waals surface area contributed by atoms with Gasteiger partial charge < -0.3 is 24.8 Å². The summed E-state index contributed by atoms with van der Waals surface area (Å²) in [7, 11) is 1.25. The molecular formula is C17H22ClFN2O5. The number of halogens is 2. The highest BCUT2D eigenvalue weighted by atomic mass is 35.5. The third kappa shape index (κ3) is 5.47. The van der Waals surface area contributed by atoms with E-state index in [4.69, 9.17) is 16.3 Å². The average Bonchev–Trinajstić information content (AvgIpc) is 2.64. The molecule has 2 unspecified atom stereocenters. The molecule has 1 aromatic rings. The second-order valence-corrected chi connectivity index (χ2v) is 6.44. The minimum absolute atomic E-state index is 0.120. The van der Waals surface area contributed by atoms with Crippen LogP contribution in [-0.2, 0) is 9.47 Å². The Hall–Kier alpha value is -2.06. The fourth-order valence-electron chi connectivity index (χ4n) is 3.05. The maximum atomic E-state index is 14.4. The maximum Gasteiger partial charge on any atom is 0.407 e. The molecule has 1 aliphatic heterocycles. The number of nitrogens with zero attached hydrogens (tertiary/aromatic N) is 1. The van der Waals surface area contributed by atoms with Crippen molar-refractivity contribution in [3.63, 3.8) is 0 Å². The van der Waals surface area contributed by atoms with Crippen LogP contribution in [0.15, 0.2) is 18.2 Å². The number of carboxylic acid groups (broad SMARTS) is 1. The van der Waals surface area contributed by atoms with Crippen molar-refractivity contribution in [2.45, 2.75) is 18.9 Å². The average molecular weight is 389 g/mol. The van der Waals surface area contributed by atoms with E-state index in [1.165, 1.54) is 30.2 Å². The summed E-state index contributed by atoms with van der Waals surface area (Å²) in [6, 6.07) is 4.20. The van der Waals surface area contributed by atoms with Gasteiger partial charge in [0.1, 0.15) is 5.82 Å². The van der Waals surface area contributed by atoms with Gasteiger partial charge in [0, 0.05) is 36.1 Å². The molecule has 1 aromatic carbocycles. The molecule has 0 aliphatic carbocycles. The van der Waals surface area contributed by atoms with E-state index in [9.17, 15) is 19.1 Å². The topological polar surface area (TPSA) is 88.1 Å². The number of carbonyl (C=O) groups is 2. The molecule has 1 fully saturated rings. The Morgan fingerprint density at radius 3 is 2.96 bits per heavy atom. The number of hydrogen-bond acceptors (Lipinski definition) is 4. The van der Waals surface area contributed by atoms with Crippen LogP contribution in [0.2, 0.25) is 5.02 Å². The molecule has 0 radical (unpaired) electrons. The number of ether oxygens (including phenoxy) is 2. The molecule has 0 saturated carbocycles. The predicted octanol–water partition coefficient (Wildman–Crippen LogP) is 3.28. The van der Waals surface area contributed by atoms with E-state index in [0.29, 0.717) is 24.4 Å². The summed E-state index contributed by atoms with van der Waals surface area (Å²) in [6.07, 6.45) is -0.902. The summed E-state index contributed by atoms with van der Waals surface area (Å²) in [4.78, 5) is 23.7. The van der Waals surface area contributed by atoms with Crippen LogP contribution in [0.3, 0.4) is 0 Å². The van der Waals surface area contributed by atoms with E-state index in [1.54, 1.807) is 0 Å². The van der Waals surface area contributed by atoms with Gasteiger partial charge in [-0.1, -0.05) is 11.6 Å². The van der Waals surface area contributed by atoms with E-state index >= 15 is 0 Å². The lowest BCUT2D eigenvalue weighted by Gasteiger charge is -2.36. The van der Waals surface area contributed by atoms with Crippen molar-refractivity contribution in [2.24, 2.45) is 5.92 Å². The van der Waals surface area contributed by atoms with Crippen LogP contribution in [0.5, 0.6) is 0 Å². The molecule has 26 heavy (non-hydrogen) atoms. The number of carbonyl (C=O) groups excluding carboxylic acids is 1. The number of rotatable bonds is 6. The lowest BCUT2D eigenvalue weighted by Crippen LogP contribution is -2.41. The zero-order chi connectivity index (χ0) is 19.1. The van der Waals surface area contributed by atoms with Crippen LogP contribution in [-0.4, -0.2) is 55.5 Å². The van der Waals surface area contributed by atoms with Gasteiger partial charge in [-0.05, 0) is 31.0 Å². The van der Waals surface area contributed by atoms with Crippen molar-refractivity contribution in [1.29, 1.82) is 0 Å². The Bertz CT molecular complexity index is 646. The van der Waals surface area contributed by atoms with Crippen molar-refractivity contribution in [3.8, 4) is 0 Å². The molecule has 1 saturated heterocycles. The highest BCUT2D eigenvalue weighted by Crippen LogP contribution is 2.35. The number of amides is 2. The third-order valence-corrected chi connectivity index (χ3v) is 4.51. The van der Waals surface area contributed by atoms with Gasteiger partial charge in [-0.3, -0.25) is 0 Å². The fraction of sp³-hybridized carbons (Fsp3) is 0.529. The highest BCUT2D eigenvalue weighted by Gasteiger charge is 2.32. The quantitative estimate of drug-likeness (QED) is 0.730. The Labute approximate surface area is 156 Å². The normalized spacial score (nSPS) is 18.3. The molecule has 0 bridgehead atoms. The molecule has 0 spiro atoms. The van der Waals surface area contributed by atoms with Gasteiger partial charge in [0.05, 0.1) is 19.8 Å². The first-order valence-corrected chi connectivity index (χ1v) is 8.66. The SMILES string of the molecule is COC(=O)NCCOC(c1cc(Cl)ccc1F)C1CCCN(C(=O)O)C1. The zero-order valence-corrected chi connectivity index (χ0v) is 15.2. The van der Waals surface area contributed by atoms with Gasteiger partial charge in [0.2, 0.25) is 0 Å². The van der Waals surface area contributed by atoms with Gasteiger partial charge in [0.25, 0.3) is 0 Å². The van der Waals surface area contributed by atoms with Crippen molar-refractivity contribution >= 4 is 23.8 Å². The minimum atomic E-state index is -1.01. The first-order valence-electron chi connectivity index (χ1n) is 8.28. The zero-order valence-electron chi connectivity index (χ0n) is 14.4. The number of benzene rings is 1. The monoisotopic (exact) mass is 388 g/mol. The van der Waals surface area contributed by atoms with Crippen molar-refractivity contribution in [2.75, 3.05) is 33.4 Å². The van der Waals surface area contributed by atoms with Gasteiger partial charge in [-0.25, -0.2) is 14.0 Å². The number of alkyl carbamates (subject to hydrolysis) is 1. The highest BCUT2D eigenvalue weighted by molar-refractivity contribution is 6.30. The third-order valence-electron chi connectivity index (χ3n) is 4.28. The second-order valence-electron chi connectivity index (χ2n) is 6.01. The summed E-state index contributed by atoms with van der Waals surface area (Å²) in [6.45, 7) is 0.993. The van der Waals surface area contributed by atoms with Gasteiger partial charge in [0.15, 0.2) is 0 Å². The van der Waals surface area contributed by atoms with Gasteiger partial charge in [-0.15, -0.1) is 0 Å². The Morgan fingerprint density at radius 2 is 2.27 bits per heavy atom. The first-order chi connectivity index (χ1) is 12.4. The van der Waals surface area contributed by atoms with Crippen molar-refractivity contribution < 1.29 is 28.6 Å². The molecule has 2 rings (SSSR count). The molecule has 2 amide bonds. The van der Waals surface area contributed by atoms with Gasteiger partial charge >= 0.3 is 12.2 Å². The van der Waals surface area contributed by atoms with Crippen LogP contribution in [0.1, 0.15) is 24.5 Å². The number of likely N-dealkylation sites (tertiary alicyclic amines) is 1. The van der Waals surface area contributed by atoms with E-state index in [2.05, 4.69) is 10.1 Å². The van der Waals surface area contributed by atoms with E-state index in [0.717, 1.165) is 0 Å². The maximum absolute atomic E-state index is 14.4. The van der Waals surface area contributed by atoms with Crippen LogP contribution in [0.25, 0.3) is 0 Å². The Balaban J connectivity index is 2.14. The van der Waals surface area contributed by atoms with Crippen LogP contribution < -0.4 is 5.32 Å². The first kappa shape index (κ1) is 20.3.